The Morgan fingerprint density at radius 2 is 2.00 bits per heavy atom. The first kappa shape index (κ1) is 19.8. The van der Waals surface area contributed by atoms with Crippen molar-refractivity contribution < 1.29 is 23.9 Å². The van der Waals surface area contributed by atoms with Gasteiger partial charge in [-0.3, -0.25) is 9.59 Å². The Labute approximate surface area is 145 Å². The maximum Gasteiger partial charge on any atom is 0.342 e. The van der Waals surface area contributed by atoms with Gasteiger partial charge in [0.25, 0.3) is 5.91 Å². The summed E-state index contributed by atoms with van der Waals surface area (Å²) in [5.74, 6) is -1.33. The van der Waals surface area contributed by atoms with Crippen LogP contribution in [0.25, 0.3) is 0 Å². The summed E-state index contributed by atoms with van der Waals surface area (Å²) in [6, 6.07) is 3.77. The lowest BCUT2D eigenvalue weighted by Gasteiger charge is -2.14. The summed E-state index contributed by atoms with van der Waals surface area (Å²) in [5, 5.41) is 5.45. The summed E-state index contributed by atoms with van der Waals surface area (Å²) in [4.78, 5) is 35.4. The number of benzene rings is 1. The smallest absolute Gasteiger partial charge is 0.342 e. The molecule has 0 aromatic heterocycles. The lowest BCUT2D eigenvalue weighted by molar-refractivity contribution is -0.130. The van der Waals surface area contributed by atoms with E-state index in [4.69, 9.17) is 21.1 Å². The van der Waals surface area contributed by atoms with Crippen LogP contribution in [0.1, 0.15) is 30.6 Å². The van der Waals surface area contributed by atoms with E-state index in [1.54, 1.807) is 13.0 Å². The Morgan fingerprint density at radius 1 is 1.29 bits per heavy atom. The maximum absolute atomic E-state index is 12.0. The molecule has 0 heterocycles. The maximum atomic E-state index is 12.0. The topological polar surface area (TPSA) is 93.7 Å². The van der Waals surface area contributed by atoms with Gasteiger partial charge in [0.1, 0.15) is 17.4 Å². The van der Waals surface area contributed by atoms with Crippen LogP contribution in [0.3, 0.4) is 0 Å². The molecule has 24 heavy (non-hydrogen) atoms. The molecule has 2 N–H and O–H groups in total. The fraction of sp³-hybridized carbons (Fsp3) is 0.438. The normalized spacial score (nSPS) is 11.3. The van der Waals surface area contributed by atoms with Crippen molar-refractivity contribution in [2.45, 2.75) is 26.3 Å². The second-order valence-corrected chi connectivity index (χ2v) is 5.44. The molecule has 1 aromatic rings. The second-order valence-electron chi connectivity index (χ2n) is 5.00. The molecule has 0 radical (unpaired) electrons. The van der Waals surface area contributed by atoms with Crippen molar-refractivity contribution in [1.29, 1.82) is 0 Å². The molecule has 0 unspecified atom stereocenters. The number of hydrogen-bond acceptors (Lipinski definition) is 5. The molecule has 0 aliphatic heterocycles. The standard InChI is InChI=1S/C16H21ClN2O5/c1-4-7-18-15(21)10(2)19-14(20)9-24-16(22)12-8-11(17)5-6-13(12)23-3/h5-6,8,10H,4,7,9H2,1-3H3,(H,18,21)(H,19,20)/t10-/m1/s1. The van der Waals surface area contributed by atoms with Crippen LogP contribution in [-0.4, -0.2) is 44.1 Å². The molecule has 0 saturated heterocycles. The van der Waals surface area contributed by atoms with E-state index in [0.717, 1.165) is 6.42 Å². The van der Waals surface area contributed by atoms with Crippen LogP contribution in [0, 0.1) is 0 Å². The number of rotatable bonds is 8. The lowest BCUT2D eigenvalue weighted by atomic mass is 10.2. The average molecular weight is 357 g/mol. The third-order valence-corrected chi connectivity index (χ3v) is 3.27. The predicted molar refractivity (Wildman–Crippen MR) is 89.2 cm³/mol. The van der Waals surface area contributed by atoms with Crippen molar-refractivity contribution in [3.05, 3.63) is 28.8 Å². The summed E-state index contributed by atoms with van der Waals surface area (Å²) < 4.78 is 9.98. The monoisotopic (exact) mass is 356 g/mol. The highest BCUT2D eigenvalue weighted by Crippen LogP contribution is 2.23. The van der Waals surface area contributed by atoms with Crippen molar-refractivity contribution in [3.8, 4) is 5.75 Å². The molecule has 7 nitrogen and oxygen atoms in total. The number of ether oxygens (including phenoxy) is 2. The van der Waals surface area contributed by atoms with Gasteiger partial charge in [0.05, 0.1) is 7.11 Å². The lowest BCUT2D eigenvalue weighted by Crippen LogP contribution is -2.46. The molecule has 1 rings (SSSR count). The number of hydrogen-bond donors (Lipinski definition) is 2. The van der Waals surface area contributed by atoms with Gasteiger partial charge in [-0.1, -0.05) is 18.5 Å². The fourth-order valence-electron chi connectivity index (χ4n) is 1.80. The summed E-state index contributed by atoms with van der Waals surface area (Å²) in [6.45, 7) is 3.49. The Balaban J connectivity index is 2.54. The molecule has 0 fully saturated rings. The van der Waals surface area contributed by atoms with Gasteiger partial charge < -0.3 is 20.1 Å². The minimum atomic E-state index is -0.743. The van der Waals surface area contributed by atoms with Gasteiger partial charge in [0.2, 0.25) is 5.91 Å². The van der Waals surface area contributed by atoms with E-state index in [-0.39, 0.29) is 17.2 Å². The molecule has 1 aromatic carbocycles. The highest BCUT2D eigenvalue weighted by Gasteiger charge is 2.18. The van der Waals surface area contributed by atoms with Crippen molar-refractivity contribution >= 4 is 29.4 Å². The number of nitrogens with one attached hydrogen (secondary N) is 2. The number of carbonyl (C=O) groups excluding carboxylic acids is 3. The van der Waals surface area contributed by atoms with Crippen LogP contribution in [0.4, 0.5) is 0 Å². The van der Waals surface area contributed by atoms with Crippen molar-refractivity contribution in [3.63, 3.8) is 0 Å². The zero-order valence-corrected chi connectivity index (χ0v) is 14.6. The summed E-state index contributed by atoms with van der Waals surface area (Å²) in [7, 11) is 1.41. The molecular weight excluding hydrogens is 336 g/mol. The molecule has 8 heteroatoms. The molecule has 0 spiro atoms. The molecular formula is C16H21ClN2O5. The molecule has 1 atom stereocenters. The highest BCUT2D eigenvalue weighted by atomic mass is 35.5. The first-order chi connectivity index (χ1) is 11.4. The Kier molecular flexibility index (Phi) is 8.05. The zero-order valence-electron chi connectivity index (χ0n) is 13.8. The molecule has 0 aliphatic carbocycles. The Bertz CT molecular complexity index is 606. The van der Waals surface area contributed by atoms with Gasteiger partial charge in [-0.2, -0.15) is 0 Å². The van der Waals surface area contributed by atoms with Gasteiger partial charge in [-0.15, -0.1) is 0 Å². The number of carbonyl (C=O) groups is 3. The van der Waals surface area contributed by atoms with Crippen LogP contribution in [-0.2, 0) is 14.3 Å². The first-order valence-electron chi connectivity index (χ1n) is 7.46. The zero-order chi connectivity index (χ0) is 18.1. The van der Waals surface area contributed by atoms with Crippen LogP contribution >= 0.6 is 11.6 Å². The minimum Gasteiger partial charge on any atom is -0.496 e. The van der Waals surface area contributed by atoms with Crippen LogP contribution in [0.5, 0.6) is 5.75 Å². The third-order valence-electron chi connectivity index (χ3n) is 3.04. The van der Waals surface area contributed by atoms with Crippen molar-refractivity contribution in [2.75, 3.05) is 20.3 Å². The van der Waals surface area contributed by atoms with Crippen LogP contribution in [0.15, 0.2) is 18.2 Å². The second kappa shape index (κ2) is 9.77. The van der Waals surface area contributed by atoms with E-state index in [1.165, 1.54) is 19.2 Å². The minimum absolute atomic E-state index is 0.117. The van der Waals surface area contributed by atoms with Gasteiger partial charge in [-0.05, 0) is 31.5 Å². The van der Waals surface area contributed by atoms with Gasteiger partial charge in [-0.25, -0.2) is 4.79 Å². The quantitative estimate of drug-likeness (QED) is 0.689. The van der Waals surface area contributed by atoms with E-state index in [1.807, 2.05) is 6.92 Å². The predicted octanol–water partition coefficient (Wildman–Crippen LogP) is 1.54. The van der Waals surface area contributed by atoms with E-state index < -0.39 is 24.5 Å². The van der Waals surface area contributed by atoms with Crippen LogP contribution < -0.4 is 15.4 Å². The van der Waals surface area contributed by atoms with E-state index in [9.17, 15) is 14.4 Å². The van der Waals surface area contributed by atoms with Crippen molar-refractivity contribution in [1.82, 2.24) is 10.6 Å². The number of halogens is 1. The summed E-state index contributed by atoms with van der Waals surface area (Å²) in [6.07, 6.45) is 0.797. The first-order valence-corrected chi connectivity index (χ1v) is 7.84. The largest absolute Gasteiger partial charge is 0.496 e. The van der Waals surface area contributed by atoms with E-state index in [2.05, 4.69) is 10.6 Å². The number of methoxy groups -OCH3 is 1. The molecule has 2 amide bonds. The van der Waals surface area contributed by atoms with Gasteiger partial charge in [0, 0.05) is 11.6 Å². The number of esters is 1. The summed E-state index contributed by atoms with van der Waals surface area (Å²) >= 11 is 5.84. The summed E-state index contributed by atoms with van der Waals surface area (Å²) in [5.41, 5.74) is 0.117. The number of amides is 2. The third kappa shape index (κ3) is 6.08. The average Bonchev–Trinajstić information content (AvgIpc) is 2.57. The molecule has 132 valence electrons. The van der Waals surface area contributed by atoms with Crippen molar-refractivity contribution in [2.24, 2.45) is 0 Å². The van der Waals surface area contributed by atoms with Gasteiger partial charge in [0.15, 0.2) is 6.61 Å². The van der Waals surface area contributed by atoms with Crippen LogP contribution in [0.2, 0.25) is 5.02 Å². The van der Waals surface area contributed by atoms with E-state index >= 15 is 0 Å². The van der Waals surface area contributed by atoms with E-state index in [0.29, 0.717) is 11.6 Å². The highest BCUT2D eigenvalue weighted by molar-refractivity contribution is 6.31. The van der Waals surface area contributed by atoms with Gasteiger partial charge >= 0.3 is 5.97 Å². The Morgan fingerprint density at radius 3 is 2.62 bits per heavy atom. The SMILES string of the molecule is CCCNC(=O)[C@@H](C)NC(=O)COC(=O)c1cc(Cl)ccc1OC. The Hall–Kier alpha value is -2.28. The molecule has 0 bridgehead atoms. The molecule has 0 aliphatic rings. The fourth-order valence-corrected chi connectivity index (χ4v) is 1.97. The molecule has 0 saturated carbocycles.